The van der Waals surface area contributed by atoms with E-state index in [1.54, 1.807) is 30.3 Å². The van der Waals surface area contributed by atoms with E-state index >= 15 is 0 Å². The van der Waals surface area contributed by atoms with E-state index in [0.717, 1.165) is 12.1 Å². The maximum absolute atomic E-state index is 12.6. The van der Waals surface area contributed by atoms with Gasteiger partial charge >= 0.3 is 18.1 Å². The Balaban J connectivity index is 1.71. The second-order valence-electron chi connectivity index (χ2n) is 6.64. The molecule has 1 unspecified atom stereocenters. The number of ether oxygens (including phenoxy) is 2. The normalized spacial score (nSPS) is 20.6. The zero-order valence-corrected chi connectivity index (χ0v) is 15.1. The molecule has 2 aromatic rings. The predicted octanol–water partition coefficient (Wildman–Crippen LogP) is 3.62. The van der Waals surface area contributed by atoms with E-state index < -0.39 is 35.9 Å². The van der Waals surface area contributed by atoms with E-state index in [4.69, 9.17) is 9.47 Å². The fourth-order valence-corrected chi connectivity index (χ4v) is 2.87. The molecular weight excluding hydrogens is 389 g/mol. The molecule has 1 fully saturated rings. The highest BCUT2D eigenvalue weighted by atomic mass is 19.4. The van der Waals surface area contributed by atoms with Gasteiger partial charge in [0.15, 0.2) is 5.60 Å². The fraction of sp³-hybridized carbons (Fsp3) is 0.238. The van der Waals surface area contributed by atoms with Crippen LogP contribution in [0.15, 0.2) is 60.2 Å². The quantitative estimate of drug-likeness (QED) is 0.607. The van der Waals surface area contributed by atoms with Gasteiger partial charge in [-0.15, -0.1) is 0 Å². The standard InChI is InChI=1S/C21H17F3O5/c22-21(23,24)17-8-6-14(7-9-17)10-16-11-20(12-25,29-19(16)27)13-28-18(26)15-4-2-1-3-5-15/h1-10,25H,11-13H2/b16-10-. The lowest BCUT2D eigenvalue weighted by Crippen LogP contribution is -2.39. The number of carbonyl (C=O) groups excluding carboxylic acids is 2. The summed E-state index contributed by atoms with van der Waals surface area (Å²) >= 11 is 0. The largest absolute Gasteiger partial charge is 0.458 e. The monoisotopic (exact) mass is 406 g/mol. The van der Waals surface area contributed by atoms with Crippen molar-refractivity contribution in [2.75, 3.05) is 13.2 Å². The first-order valence-corrected chi connectivity index (χ1v) is 8.67. The summed E-state index contributed by atoms with van der Waals surface area (Å²) in [5.41, 5.74) is -1.38. The van der Waals surface area contributed by atoms with Gasteiger partial charge in [-0.1, -0.05) is 30.3 Å². The van der Waals surface area contributed by atoms with Crippen LogP contribution in [-0.2, 0) is 20.4 Å². The Bertz CT molecular complexity index is 920. The van der Waals surface area contributed by atoms with Crippen LogP contribution in [-0.4, -0.2) is 35.9 Å². The Hall–Kier alpha value is -3.13. The molecule has 0 saturated carbocycles. The molecule has 0 bridgehead atoms. The second-order valence-corrected chi connectivity index (χ2v) is 6.64. The Morgan fingerprint density at radius 1 is 1.14 bits per heavy atom. The fourth-order valence-electron chi connectivity index (χ4n) is 2.87. The smallest absolute Gasteiger partial charge is 0.416 e. The van der Waals surface area contributed by atoms with Gasteiger partial charge in [-0.05, 0) is 35.9 Å². The van der Waals surface area contributed by atoms with Crippen LogP contribution in [0.4, 0.5) is 13.2 Å². The van der Waals surface area contributed by atoms with Gasteiger partial charge in [-0.25, -0.2) is 9.59 Å². The van der Waals surface area contributed by atoms with Crippen LogP contribution in [0.25, 0.3) is 6.08 Å². The lowest BCUT2D eigenvalue weighted by Gasteiger charge is -2.24. The summed E-state index contributed by atoms with van der Waals surface area (Å²) in [7, 11) is 0. The summed E-state index contributed by atoms with van der Waals surface area (Å²) in [6.07, 6.45) is -3.11. The molecule has 2 aromatic carbocycles. The molecule has 0 aliphatic carbocycles. The van der Waals surface area contributed by atoms with Crippen molar-refractivity contribution in [2.45, 2.75) is 18.2 Å². The molecule has 1 atom stereocenters. The Morgan fingerprint density at radius 3 is 2.38 bits per heavy atom. The lowest BCUT2D eigenvalue weighted by molar-refractivity contribution is -0.154. The van der Waals surface area contributed by atoms with E-state index in [1.807, 2.05) is 0 Å². The molecule has 1 heterocycles. The van der Waals surface area contributed by atoms with Crippen molar-refractivity contribution >= 4 is 18.0 Å². The first-order chi connectivity index (χ1) is 13.7. The topological polar surface area (TPSA) is 72.8 Å². The van der Waals surface area contributed by atoms with Gasteiger partial charge < -0.3 is 14.6 Å². The third kappa shape index (κ3) is 4.83. The molecular formula is C21H17F3O5. The van der Waals surface area contributed by atoms with Crippen molar-refractivity contribution in [1.29, 1.82) is 0 Å². The SMILES string of the molecule is O=C1OC(CO)(COC(=O)c2ccccc2)C/C1=C/c1ccc(C(F)(F)F)cc1. The van der Waals surface area contributed by atoms with Gasteiger partial charge in [0.1, 0.15) is 6.61 Å². The molecule has 0 spiro atoms. The predicted molar refractivity (Wildman–Crippen MR) is 96.7 cm³/mol. The van der Waals surface area contributed by atoms with Crippen molar-refractivity contribution in [2.24, 2.45) is 0 Å². The number of carbonyl (C=O) groups is 2. The summed E-state index contributed by atoms with van der Waals surface area (Å²) in [5.74, 6) is -1.36. The van der Waals surface area contributed by atoms with E-state index in [-0.39, 0.29) is 18.6 Å². The molecule has 152 valence electrons. The Labute approximate surface area is 164 Å². The van der Waals surface area contributed by atoms with Crippen LogP contribution in [0.1, 0.15) is 27.9 Å². The molecule has 1 aliphatic heterocycles. The summed E-state index contributed by atoms with van der Waals surface area (Å²) in [6, 6.07) is 12.5. The first-order valence-electron chi connectivity index (χ1n) is 8.67. The number of alkyl halides is 3. The van der Waals surface area contributed by atoms with Gasteiger partial charge in [0.25, 0.3) is 0 Å². The number of cyclic esters (lactones) is 1. The summed E-state index contributed by atoms with van der Waals surface area (Å²) in [4.78, 5) is 24.2. The van der Waals surface area contributed by atoms with Crippen molar-refractivity contribution in [3.8, 4) is 0 Å². The minimum atomic E-state index is -4.45. The maximum atomic E-state index is 12.6. The van der Waals surface area contributed by atoms with E-state index in [0.29, 0.717) is 11.1 Å². The van der Waals surface area contributed by atoms with Crippen LogP contribution in [0.3, 0.4) is 0 Å². The van der Waals surface area contributed by atoms with Crippen LogP contribution in [0.2, 0.25) is 0 Å². The third-order valence-corrected chi connectivity index (χ3v) is 4.43. The molecule has 29 heavy (non-hydrogen) atoms. The zero-order chi connectivity index (χ0) is 21.1. The first kappa shape index (κ1) is 20.6. The van der Waals surface area contributed by atoms with Gasteiger partial charge in [-0.2, -0.15) is 13.2 Å². The molecule has 1 saturated heterocycles. The molecule has 0 amide bonds. The van der Waals surface area contributed by atoms with E-state index in [1.165, 1.54) is 18.2 Å². The molecule has 1 N–H and O–H groups in total. The van der Waals surface area contributed by atoms with Crippen LogP contribution in [0, 0.1) is 0 Å². The number of rotatable bonds is 5. The Morgan fingerprint density at radius 2 is 1.79 bits per heavy atom. The molecule has 3 rings (SSSR count). The molecule has 0 aromatic heterocycles. The van der Waals surface area contributed by atoms with Gasteiger partial charge in [0, 0.05) is 12.0 Å². The third-order valence-electron chi connectivity index (χ3n) is 4.43. The number of esters is 2. The average Bonchev–Trinajstić information content (AvgIpc) is 3.02. The number of hydrogen-bond donors (Lipinski definition) is 1. The second kappa shape index (κ2) is 8.08. The van der Waals surface area contributed by atoms with Crippen LogP contribution in [0.5, 0.6) is 0 Å². The van der Waals surface area contributed by atoms with E-state index in [9.17, 15) is 27.9 Å². The summed E-state index contributed by atoms with van der Waals surface area (Å²) in [5, 5.41) is 9.71. The molecule has 1 aliphatic rings. The Kier molecular flexibility index (Phi) is 5.74. The molecule has 5 nitrogen and oxygen atoms in total. The average molecular weight is 406 g/mol. The van der Waals surface area contributed by atoms with Crippen molar-refractivity contribution < 1.29 is 37.3 Å². The minimum Gasteiger partial charge on any atom is -0.458 e. The highest BCUT2D eigenvalue weighted by Crippen LogP contribution is 2.33. The van der Waals surface area contributed by atoms with Crippen molar-refractivity contribution in [3.05, 3.63) is 76.9 Å². The van der Waals surface area contributed by atoms with Gasteiger partial charge in [-0.3, -0.25) is 0 Å². The number of aliphatic hydroxyl groups excluding tert-OH is 1. The highest BCUT2D eigenvalue weighted by Gasteiger charge is 2.44. The summed E-state index contributed by atoms with van der Waals surface area (Å²) in [6.45, 7) is -0.932. The van der Waals surface area contributed by atoms with Crippen molar-refractivity contribution in [3.63, 3.8) is 0 Å². The maximum Gasteiger partial charge on any atom is 0.416 e. The van der Waals surface area contributed by atoms with E-state index in [2.05, 4.69) is 0 Å². The number of aliphatic hydroxyl groups is 1. The van der Waals surface area contributed by atoms with Crippen molar-refractivity contribution in [1.82, 2.24) is 0 Å². The molecule has 8 heteroatoms. The lowest BCUT2D eigenvalue weighted by atomic mass is 9.97. The summed E-state index contributed by atoms with van der Waals surface area (Å²) < 4.78 is 48.4. The highest BCUT2D eigenvalue weighted by molar-refractivity contribution is 5.96. The number of halogens is 3. The zero-order valence-electron chi connectivity index (χ0n) is 15.1. The molecule has 0 radical (unpaired) electrons. The van der Waals surface area contributed by atoms with Crippen LogP contribution < -0.4 is 0 Å². The minimum absolute atomic E-state index is 0.0502. The van der Waals surface area contributed by atoms with Gasteiger partial charge in [0.2, 0.25) is 0 Å². The number of benzene rings is 2. The van der Waals surface area contributed by atoms with Crippen LogP contribution >= 0.6 is 0 Å². The van der Waals surface area contributed by atoms with Gasteiger partial charge in [0.05, 0.1) is 17.7 Å². The number of hydrogen-bond acceptors (Lipinski definition) is 5.